The Balaban J connectivity index is 1.49. The standard InChI is InChI=1S/C27H24N6O3/c1-3-36-26(35)19-11-13-21(14-12-19)30-25(34)22-17(2)29-27-31-24(18-8-5-4-6-9-18)32-33(27)23(22)20-10-7-15-28-16-20/h4-16,23H,3H2,1-2H3,(H,30,34)(H,29,31,32)/t23-/m0/s1. The van der Waals surface area contributed by atoms with Gasteiger partial charge in [-0.15, -0.1) is 5.10 Å². The fraction of sp³-hybridized carbons (Fsp3) is 0.148. The van der Waals surface area contributed by atoms with E-state index in [1.165, 1.54) is 0 Å². The first-order chi connectivity index (χ1) is 17.5. The van der Waals surface area contributed by atoms with E-state index < -0.39 is 12.0 Å². The Kier molecular flexibility index (Phi) is 6.27. The molecule has 1 amide bonds. The molecule has 36 heavy (non-hydrogen) atoms. The predicted octanol–water partition coefficient (Wildman–Crippen LogP) is 4.44. The topological polar surface area (TPSA) is 111 Å². The zero-order chi connectivity index (χ0) is 25.1. The fourth-order valence-corrected chi connectivity index (χ4v) is 4.10. The zero-order valence-electron chi connectivity index (χ0n) is 19.8. The van der Waals surface area contributed by atoms with E-state index in [4.69, 9.17) is 9.84 Å². The minimum atomic E-state index is -0.543. The number of rotatable bonds is 6. The Labute approximate surface area is 207 Å². The number of pyridine rings is 1. The van der Waals surface area contributed by atoms with Crippen molar-refractivity contribution in [3.63, 3.8) is 0 Å². The molecule has 0 bridgehead atoms. The van der Waals surface area contributed by atoms with Crippen molar-refractivity contribution in [2.24, 2.45) is 0 Å². The molecule has 9 nitrogen and oxygen atoms in total. The molecule has 0 unspecified atom stereocenters. The third-order valence-electron chi connectivity index (χ3n) is 5.78. The number of ether oxygens (including phenoxy) is 1. The minimum absolute atomic E-state index is 0.295. The number of hydrogen-bond acceptors (Lipinski definition) is 7. The van der Waals surface area contributed by atoms with Crippen LogP contribution in [0.3, 0.4) is 0 Å². The molecular weight excluding hydrogens is 456 g/mol. The number of anilines is 2. The summed E-state index contributed by atoms with van der Waals surface area (Å²) in [6.07, 6.45) is 3.40. The van der Waals surface area contributed by atoms with Crippen LogP contribution < -0.4 is 10.6 Å². The summed E-state index contributed by atoms with van der Waals surface area (Å²) in [6.45, 7) is 3.88. The highest BCUT2D eigenvalue weighted by molar-refractivity contribution is 6.06. The molecule has 2 aromatic carbocycles. The van der Waals surface area contributed by atoms with Gasteiger partial charge in [-0.2, -0.15) is 4.98 Å². The number of nitrogens with one attached hydrogen (secondary N) is 2. The van der Waals surface area contributed by atoms with Crippen molar-refractivity contribution in [3.05, 3.63) is 102 Å². The van der Waals surface area contributed by atoms with Crippen LogP contribution in [0.1, 0.15) is 35.8 Å². The molecule has 4 aromatic rings. The molecule has 5 rings (SSSR count). The summed E-state index contributed by atoms with van der Waals surface area (Å²) in [5, 5.41) is 10.9. The third kappa shape index (κ3) is 4.46. The molecule has 3 heterocycles. The molecule has 180 valence electrons. The van der Waals surface area contributed by atoms with Crippen molar-refractivity contribution >= 4 is 23.5 Å². The average molecular weight is 481 g/mol. The van der Waals surface area contributed by atoms with Crippen molar-refractivity contribution < 1.29 is 14.3 Å². The van der Waals surface area contributed by atoms with Gasteiger partial charge in [0.25, 0.3) is 5.91 Å². The third-order valence-corrected chi connectivity index (χ3v) is 5.78. The summed E-state index contributed by atoms with van der Waals surface area (Å²) in [5.41, 5.74) is 3.77. The van der Waals surface area contributed by atoms with Gasteiger partial charge in [-0.3, -0.25) is 9.78 Å². The molecule has 1 aliphatic rings. The molecule has 1 atom stereocenters. The van der Waals surface area contributed by atoms with E-state index in [1.807, 2.05) is 49.4 Å². The Hall–Kier alpha value is -4.79. The highest BCUT2D eigenvalue weighted by atomic mass is 16.5. The first kappa shape index (κ1) is 23.0. The fourth-order valence-electron chi connectivity index (χ4n) is 4.10. The molecule has 2 aromatic heterocycles. The van der Waals surface area contributed by atoms with E-state index in [0.717, 1.165) is 11.1 Å². The number of fused-ring (bicyclic) bond motifs is 1. The number of esters is 1. The van der Waals surface area contributed by atoms with E-state index in [1.54, 1.807) is 48.3 Å². The number of benzene rings is 2. The lowest BCUT2D eigenvalue weighted by atomic mass is 9.96. The van der Waals surface area contributed by atoms with Crippen LogP contribution in [0, 0.1) is 0 Å². The number of amides is 1. The lowest BCUT2D eigenvalue weighted by molar-refractivity contribution is -0.113. The first-order valence-electron chi connectivity index (χ1n) is 11.5. The van der Waals surface area contributed by atoms with Crippen LogP contribution >= 0.6 is 0 Å². The molecule has 2 N–H and O–H groups in total. The quantitative estimate of drug-likeness (QED) is 0.392. The monoisotopic (exact) mass is 480 g/mol. The van der Waals surface area contributed by atoms with Gasteiger partial charge in [-0.05, 0) is 49.7 Å². The summed E-state index contributed by atoms with van der Waals surface area (Å²) in [6, 6.07) is 19.4. The Morgan fingerprint density at radius 2 is 1.83 bits per heavy atom. The second-order valence-corrected chi connectivity index (χ2v) is 8.17. The number of carbonyl (C=O) groups excluding carboxylic acids is 2. The van der Waals surface area contributed by atoms with Gasteiger partial charge in [-0.1, -0.05) is 36.4 Å². The zero-order valence-corrected chi connectivity index (χ0v) is 19.8. The minimum Gasteiger partial charge on any atom is -0.462 e. The van der Waals surface area contributed by atoms with Crippen LogP contribution in [0.5, 0.6) is 0 Å². The van der Waals surface area contributed by atoms with Crippen LogP contribution in [0.25, 0.3) is 11.4 Å². The summed E-state index contributed by atoms with van der Waals surface area (Å²) in [5.74, 6) is 0.377. The molecule has 0 spiro atoms. The van der Waals surface area contributed by atoms with E-state index in [-0.39, 0.29) is 5.91 Å². The maximum Gasteiger partial charge on any atom is 0.338 e. The molecule has 0 fully saturated rings. The van der Waals surface area contributed by atoms with Crippen molar-refractivity contribution in [2.75, 3.05) is 17.2 Å². The van der Waals surface area contributed by atoms with Gasteiger partial charge in [0.15, 0.2) is 5.82 Å². The number of carbonyl (C=O) groups is 2. The first-order valence-corrected chi connectivity index (χ1v) is 11.5. The number of nitrogens with zero attached hydrogens (tertiary/aromatic N) is 4. The van der Waals surface area contributed by atoms with Crippen LogP contribution in [0.4, 0.5) is 11.6 Å². The van der Waals surface area contributed by atoms with E-state index in [2.05, 4.69) is 20.6 Å². The van der Waals surface area contributed by atoms with E-state index in [0.29, 0.717) is 40.9 Å². The number of allylic oxidation sites excluding steroid dienone is 1. The van der Waals surface area contributed by atoms with E-state index in [9.17, 15) is 9.59 Å². The van der Waals surface area contributed by atoms with Gasteiger partial charge in [-0.25, -0.2) is 9.48 Å². The van der Waals surface area contributed by atoms with Gasteiger partial charge >= 0.3 is 5.97 Å². The van der Waals surface area contributed by atoms with Gasteiger partial charge in [0.05, 0.1) is 17.7 Å². The van der Waals surface area contributed by atoms with Gasteiger partial charge in [0.2, 0.25) is 5.95 Å². The normalized spacial score (nSPS) is 14.6. The lowest BCUT2D eigenvalue weighted by Crippen LogP contribution is -2.31. The predicted molar refractivity (Wildman–Crippen MR) is 135 cm³/mol. The van der Waals surface area contributed by atoms with Crippen molar-refractivity contribution in [1.82, 2.24) is 19.7 Å². The summed E-state index contributed by atoms with van der Waals surface area (Å²) in [4.78, 5) is 34.5. The average Bonchev–Trinajstić information content (AvgIpc) is 3.33. The number of aromatic nitrogens is 4. The van der Waals surface area contributed by atoms with Crippen LogP contribution in [-0.2, 0) is 9.53 Å². The molecule has 0 saturated carbocycles. The van der Waals surface area contributed by atoms with Gasteiger partial charge in [0.1, 0.15) is 6.04 Å². The SMILES string of the molecule is CCOC(=O)c1ccc(NC(=O)C2=C(C)Nc3nc(-c4ccccc4)nn3[C@H]2c2cccnc2)cc1. The van der Waals surface area contributed by atoms with Crippen LogP contribution in [-0.4, -0.2) is 38.2 Å². The van der Waals surface area contributed by atoms with Crippen LogP contribution in [0.2, 0.25) is 0 Å². The number of hydrogen-bond donors (Lipinski definition) is 2. The second-order valence-electron chi connectivity index (χ2n) is 8.17. The largest absolute Gasteiger partial charge is 0.462 e. The Bertz CT molecular complexity index is 1430. The van der Waals surface area contributed by atoms with Gasteiger partial charge < -0.3 is 15.4 Å². The van der Waals surface area contributed by atoms with Crippen molar-refractivity contribution in [1.29, 1.82) is 0 Å². The van der Waals surface area contributed by atoms with E-state index >= 15 is 0 Å². The Morgan fingerprint density at radius 1 is 1.06 bits per heavy atom. The molecular formula is C27H24N6O3. The van der Waals surface area contributed by atoms with Crippen molar-refractivity contribution in [2.45, 2.75) is 19.9 Å². The molecule has 1 aliphatic heterocycles. The summed E-state index contributed by atoms with van der Waals surface area (Å²) in [7, 11) is 0. The smallest absolute Gasteiger partial charge is 0.338 e. The maximum absolute atomic E-state index is 13.6. The Morgan fingerprint density at radius 3 is 2.53 bits per heavy atom. The molecule has 0 aliphatic carbocycles. The van der Waals surface area contributed by atoms with Crippen molar-refractivity contribution in [3.8, 4) is 11.4 Å². The lowest BCUT2D eigenvalue weighted by Gasteiger charge is -2.28. The van der Waals surface area contributed by atoms with Gasteiger partial charge in [0, 0.05) is 29.3 Å². The molecule has 0 radical (unpaired) electrons. The second kappa shape index (κ2) is 9.83. The highest BCUT2D eigenvalue weighted by Crippen LogP contribution is 2.36. The molecule has 9 heteroatoms. The highest BCUT2D eigenvalue weighted by Gasteiger charge is 2.34. The summed E-state index contributed by atoms with van der Waals surface area (Å²) < 4.78 is 6.74. The van der Waals surface area contributed by atoms with Crippen LogP contribution in [0.15, 0.2) is 90.4 Å². The summed E-state index contributed by atoms with van der Waals surface area (Å²) >= 11 is 0. The molecule has 0 saturated heterocycles. The maximum atomic E-state index is 13.6.